The van der Waals surface area contributed by atoms with Crippen LogP contribution in [0.5, 0.6) is 5.75 Å². The second kappa shape index (κ2) is 2.94. The molecule has 0 saturated carbocycles. The first-order valence-electron chi connectivity index (χ1n) is 3.97. The summed E-state index contributed by atoms with van der Waals surface area (Å²) in [6.45, 7) is 0.446. The fourth-order valence-corrected chi connectivity index (χ4v) is 1.43. The topological polar surface area (TPSA) is 31.2 Å². The average Bonchev–Trinajstić information content (AvgIpc) is 2.50. The van der Waals surface area contributed by atoms with E-state index >= 15 is 0 Å². The molecule has 0 aliphatic rings. The van der Waals surface area contributed by atoms with E-state index in [1.807, 2.05) is 36.0 Å². The highest BCUT2D eigenvalue weighted by molar-refractivity contribution is 5.87. The molecule has 3 heteroatoms. The lowest BCUT2D eigenvalue weighted by Crippen LogP contribution is -1.89. The summed E-state index contributed by atoms with van der Waals surface area (Å²) in [6, 6.07) is 7.54. The highest BCUT2D eigenvalue weighted by Crippen LogP contribution is 2.25. The Morgan fingerprint density at radius 3 is 3.00 bits per heavy atom. The zero-order valence-electron chi connectivity index (χ0n) is 7.23. The number of carbonyl (C=O) groups is 1. The van der Waals surface area contributed by atoms with Gasteiger partial charge in [0.2, 0.25) is 0 Å². The molecule has 0 unspecified atom stereocenters. The molecule has 0 aliphatic carbocycles. The van der Waals surface area contributed by atoms with Crippen LogP contribution in [0.2, 0.25) is 0 Å². The molecule has 0 spiro atoms. The van der Waals surface area contributed by atoms with E-state index in [9.17, 15) is 4.79 Å². The molecule has 1 aromatic heterocycles. The molecule has 2 rings (SSSR count). The van der Waals surface area contributed by atoms with E-state index in [2.05, 4.69) is 0 Å². The molecule has 0 N–H and O–H groups in total. The number of hydrogen-bond donors (Lipinski definition) is 0. The number of ether oxygens (including phenoxy) is 1. The molecule has 66 valence electrons. The Hall–Kier alpha value is -1.77. The van der Waals surface area contributed by atoms with Crippen molar-refractivity contribution in [3.8, 4) is 5.75 Å². The van der Waals surface area contributed by atoms with Gasteiger partial charge >= 0.3 is 0 Å². The molecule has 0 saturated heterocycles. The van der Waals surface area contributed by atoms with Crippen LogP contribution >= 0.6 is 0 Å². The predicted octanol–water partition coefficient (Wildman–Crippen LogP) is 1.71. The van der Waals surface area contributed by atoms with E-state index in [1.54, 1.807) is 6.07 Å². The van der Waals surface area contributed by atoms with Crippen molar-refractivity contribution in [2.24, 2.45) is 7.05 Å². The minimum absolute atomic E-state index is 0.446. The van der Waals surface area contributed by atoms with Gasteiger partial charge in [0, 0.05) is 18.6 Å². The van der Waals surface area contributed by atoms with Gasteiger partial charge in [-0.1, -0.05) is 6.07 Å². The first-order chi connectivity index (χ1) is 6.33. The zero-order chi connectivity index (χ0) is 9.26. The second-order valence-electron chi connectivity index (χ2n) is 2.83. The largest absolute Gasteiger partial charge is 0.428 e. The van der Waals surface area contributed by atoms with Crippen LogP contribution in [-0.2, 0) is 11.8 Å². The predicted molar refractivity (Wildman–Crippen MR) is 49.6 cm³/mol. The van der Waals surface area contributed by atoms with Crippen molar-refractivity contribution in [1.29, 1.82) is 0 Å². The monoisotopic (exact) mass is 175 g/mol. The third-order valence-electron chi connectivity index (χ3n) is 2.06. The van der Waals surface area contributed by atoms with Crippen LogP contribution in [0.15, 0.2) is 30.5 Å². The maximum Gasteiger partial charge on any atom is 0.298 e. The summed E-state index contributed by atoms with van der Waals surface area (Å²) in [5, 5.41) is 0.956. The summed E-state index contributed by atoms with van der Waals surface area (Å²) in [5.74, 6) is 0.605. The Balaban J connectivity index is 2.69. The van der Waals surface area contributed by atoms with Crippen molar-refractivity contribution < 1.29 is 9.53 Å². The molecule has 0 atom stereocenters. The van der Waals surface area contributed by atoms with Gasteiger partial charge < -0.3 is 9.30 Å². The van der Waals surface area contributed by atoms with Crippen molar-refractivity contribution in [3.63, 3.8) is 0 Å². The van der Waals surface area contributed by atoms with Gasteiger partial charge in [0.15, 0.2) is 0 Å². The third kappa shape index (κ3) is 1.18. The quantitative estimate of drug-likeness (QED) is 0.650. The lowest BCUT2D eigenvalue weighted by atomic mass is 10.2. The maximum absolute atomic E-state index is 10.2. The van der Waals surface area contributed by atoms with Crippen molar-refractivity contribution in [2.75, 3.05) is 0 Å². The van der Waals surface area contributed by atoms with E-state index in [0.29, 0.717) is 12.2 Å². The van der Waals surface area contributed by atoms with Crippen LogP contribution in [0, 0.1) is 0 Å². The van der Waals surface area contributed by atoms with Crippen LogP contribution < -0.4 is 4.74 Å². The summed E-state index contributed by atoms with van der Waals surface area (Å²) in [6.07, 6.45) is 1.93. The number of benzene rings is 1. The van der Waals surface area contributed by atoms with Crippen LogP contribution in [0.1, 0.15) is 0 Å². The van der Waals surface area contributed by atoms with Crippen molar-refractivity contribution in [3.05, 3.63) is 30.5 Å². The summed E-state index contributed by atoms with van der Waals surface area (Å²) in [5.41, 5.74) is 1.05. The van der Waals surface area contributed by atoms with Crippen molar-refractivity contribution >= 4 is 17.4 Å². The third-order valence-corrected chi connectivity index (χ3v) is 2.06. The summed E-state index contributed by atoms with van der Waals surface area (Å²) < 4.78 is 6.82. The summed E-state index contributed by atoms with van der Waals surface area (Å²) in [7, 11) is 1.95. The number of carbonyl (C=O) groups excluding carboxylic acids is 1. The fourth-order valence-electron chi connectivity index (χ4n) is 1.43. The number of nitrogens with zero attached hydrogens (tertiary/aromatic N) is 1. The molecule has 1 heterocycles. The van der Waals surface area contributed by atoms with Gasteiger partial charge in [0.25, 0.3) is 6.47 Å². The molecule has 0 amide bonds. The van der Waals surface area contributed by atoms with Gasteiger partial charge in [-0.3, -0.25) is 4.79 Å². The standard InChI is InChI=1S/C10H9NO2/c1-11-6-5-8-9(11)3-2-4-10(8)13-7-12/h2-7H,1H3. The number of aryl methyl sites for hydroxylation is 1. The van der Waals surface area contributed by atoms with E-state index in [1.165, 1.54) is 0 Å². The molecular formula is C10H9NO2. The fraction of sp³-hybridized carbons (Fsp3) is 0.100. The first-order valence-corrected chi connectivity index (χ1v) is 3.97. The molecule has 0 bridgehead atoms. The lowest BCUT2D eigenvalue weighted by Gasteiger charge is -2.00. The van der Waals surface area contributed by atoms with E-state index in [0.717, 1.165) is 10.9 Å². The SMILES string of the molecule is Cn1ccc2c(OC=O)cccc21. The van der Waals surface area contributed by atoms with E-state index in [-0.39, 0.29) is 0 Å². The number of fused-ring (bicyclic) bond motifs is 1. The molecule has 0 aliphatic heterocycles. The minimum Gasteiger partial charge on any atom is -0.428 e. The Morgan fingerprint density at radius 2 is 2.23 bits per heavy atom. The normalized spacial score (nSPS) is 10.2. The first kappa shape index (κ1) is 7.86. The van der Waals surface area contributed by atoms with Gasteiger partial charge in [-0.2, -0.15) is 0 Å². The summed E-state index contributed by atoms with van der Waals surface area (Å²) in [4.78, 5) is 10.2. The van der Waals surface area contributed by atoms with Crippen LogP contribution in [0.25, 0.3) is 10.9 Å². The van der Waals surface area contributed by atoms with Gasteiger partial charge in [-0.05, 0) is 18.2 Å². The Morgan fingerprint density at radius 1 is 1.38 bits per heavy atom. The number of rotatable bonds is 2. The van der Waals surface area contributed by atoms with Gasteiger partial charge in [0.1, 0.15) is 5.75 Å². The molecular weight excluding hydrogens is 166 g/mol. The highest BCUT2D eigenvalue weighted by atomic mass is 16.5. The van der Waals surface area contributed by atoms with Crippen molar-refractivity contribution in [2.45, 2.75) is 0 Å². The number of aromatic nitrogens is 1. The molecule has 1 aromatic carbocycles. The smallest absolute Gasteiger partial charge is 0.298 e. The van der Waals surface area contributed by atoms with Crippen LogP contribution in [-0.4, -0.2) is 11.0 Å². The Labute approximate surface area is 75.5 Å². The van der Waals surface area contributed by atoms with Gasteiger partial charge in [-0.15, -0.1) is 0 Å². The van der Waals surface area contributed by atoms with Crippen molar-refractivity contribution in [1.82, 2.24) is 4.57 Å². The van der Waals surface area contributed by atoms with E-state index in [4.69, 9.17) is 4.74 Å². The molecule has 0 radical (unpaired) electrons. The lowest BCUT2D eigenvalue weighted by molar-refractivity contribution is -0.120. The van der Waals surface area contributed by atoms with Crippen LogP contribution in [0.4, 0.5) is 0 Å². The molecule has 0 fully saturated rings. The van der Waals surface area contributed by atoms with Gasteiger partial charge in [0.05, 0.1) is 5.52 Å². The molecule has 13 heavy (non-hydrogen) atoms. The Bertz CT molecular complexity index is 445. The van der Waals surface area contributed by atoms with Gasteiger partial charge in [-0.25, -0.2) is 0 Å². The highest BCUT2D eigenvalue weighted by Gasteiger charge is 2.03. The van der Waals surface area contributed by atoms with Crippen LogP contribution in [0.3, 0.4) is 0 Å². The second-order valence-corrected chi connectivity index (χ2v) is 2.83. The minimum atomic E-state index is 0.446. The molecule has 3 nitrogen and oxygen atoms in total. The zero-order valence-corrected chi connectivity index (χ0v) is 7.23. The maximum atomic E-state index is 10.2. The summed E-state index contributed by atoms with van der Waals surface area (Å²) >= 11 is 0. The van der Waals surface area contributed by atoms with E-state index < -0.39 is 0 Å². The Kier molecular flexibility index (Phi) is 1.77. The number of hydrogen-bond acceptors (Lipinski definition) is 2. The molecule has 2 aromatic rings. The average molecular weight is 175 g/mol.